The van der Waals surface area contributed by atoms with E-state index in [-0.39, 0.29) is 16.5 Å². The van der Waals surface area contributed by atoms with Crippen LogP contribution in [0.2, 0.25) is 5.02 Å². The second-order valence-corrected chi connectivity index (χ2v) is 6.64. The second kappa shape index (κ2) is 9.15. The molecule has 0 aromatic heterocycles. The van der Waals surface area contributed by atoms with Crippen LogP contribution in [0.3, 0.4) is 0 Å². The van der Waals surface area contributed by atoms with E-state index < -0.39 is 21.2 Å². The normalized spacial score (nSPS) is 10.9. The Kier molecular flexibility index (Phi) is 6.38. The second-order valence-electron chi connectivity index (χ2n) is 6.24. The number of ether oxygens (including phenoxy) is 1. The fraction of sp³-hybridized carbons (Fsp3) is 0.0952. The Morgan fingerprint density at radius 3 is 2.27 bits per heavy atom. The van der Waals surface area contributed by atoms with Crippen molar-refractivity contribution >= 4 is 34.9 Å². The summed E-state index contributed by atoms with van der Waals surface area (Å²) in [7, 11) is 0. The van der Waals surface area contributed by atoms with E-state index in [1.165, 1.54) is 11.6 Å². The Bertz CT molecular complexity index is 1130. The number of non-ortho nitro benzene ring substituents is 1. The molecule has 0 radical (unpaired) electrons. The van der Waals surface area contributed by atoms with Gasteiger partial charge in [0.25, 0.3) is 5.69 Å². The first-order valence-electron chi connectivity index (χ1n) is 8.90. The van der Waals surface area contributed by atoms with Crippen LogP contribution in [0.25, 0.3) is 0 Å². The summed E-state index contributed by atoms with van der Waals surface area (Å²) in [5.41, 5.74) is 1.80. The molecule has 0 fully saturated rings. The molecule has 3 aromatic rings. The van der Waals surface area contributed by atoms with Crippen molar-refractivity contribution in [3.63, 3.8) is 0 Å². The summed E-state index contributed by atoms with van der Waals surface area (Å²) in [6.07, 6.45) is 2.60. The molecule has 0 N–H and O–H groups in total. The molecule has 0 heterocycles. The fourth-order valence-corrected chi connectivity index (χ4v) is 2.84. The molecule has 0 saturated carbocycles. The van der Waals surface area contributed by atoms with E-state index in [9.17, 15) is 20.2 Å². The number of benzene rings is 3. The van der Waals surface area contributed by atoms with Crippen LogP contribution in [-0.4, -0.2) is 16.1 Å². The van der Waals surface area contributed by atoms with Crippen molar-refractivity contribution in [1.82, 2.24) is 0 Å². The van der Waals surface area contributed by atoms with Gasteiger partial charge in [0, 0.05) is 12.3 Å². The molecule has 0 spiro atoms. The number of aryl methyl sites for hydroxylation is 1. The maximum Gasteiger partial charge on any atom is 0.318 e. The number of nitro groups is 2. The minimum absolute atomic E-state index is 0.148. The highest BCUT2D eigenvalue weighted by Gasteiger charge is 2.21. The first-order valence-corrected chi connectivity index (χ1v) is 9.28. The molecule has 9 heteroatoms. The van der Waals surface area contributed by atoms with E-state index in [4.69, 9.17) is 16.3 Å². The van der Waals surface area contributed by atoms with Gasteiger partial charge in [0.05, 0.1) is 26.6 Å². The molecular weight excluding hydrogens is 410 g/mol. The average molecular weight is 426 g/mol. The quantitative estimate of drug-likeness (QED) is 0.252. The third-order valence-electron chi connectivity index (χ3n) is 4.23. The highest BCUT2D eigenvalue weighted by molar-refractivity contribution is 6.32. The van der Waals surface area contributed by atoms with E-state index in [1.807, 2.05) is 24.3 Å². The topological polar surface area (TPSA) is 108 Å². The predicted octanol–water partition coefficient (Wildman–Crippen LogP) is 6.26. The van der Waals surface area contributed by atoms with Crippen molar-refractivity contribution < 1.29 is 14.6 Å². The van der Waals surface area contributed by atoms with E-state index in [2.05, 4.69) is 11.9 Å². The Balaban J connectivity index is 1.81. The first-order chi connectivity index (χ1) is 14.4. The summed E-state index contributed by atoms with van der Waals surface area (Å²) in [6.45, 7) is 2.08. The summed E-state index contributed by atoms with van der Waals surface area (Å²) in [5.74, 6) is 0.0306. The van der Waals surface area contributed by atoms with Crippen LogP contribution in [0.15, 0.2) is 65.7 Å². The SMILES string of the molecule is CCc1ccc(N=Cc2ccc(Oc3ccc([N+](=O)[O-])cc3[N+](=O)[O-])c(Cl)c2)cc1. The molecule has 0 aliphatic heterocycles. The van der Waals surface area contributed by atoms with E-state index in [0.717, 1.165) is 24.2 Å². The lowest BCUT2D eigenvalue weighted by Crippen LogP contribution is -1.96. The van der Waals surface area contributed by atoms with E-state index in [0.29, 0.717) is 5.56 Å². The molecule has 30 heavy (non-hydrogen) atoms. The van der Waals surface area contributed by atoms with E-state index >= 15 is 0 Å². The highest BCUT2D eigenvalue weighted by Crippen LogP contribution is 2.37. The molecule has 8 nitrogen and oxygen atoms in total. The van der Waals surface area contributed by atoms with Crippen molar-refractivity contribution in [2.75, 3.05) is 0 Å². The monoisotopic (exact) mass is 425 g/mol. The van der Waals surface area contributed by atoms with Crippen molar-refractivity contribution in [2.24, 2.45) is 4.99 Å². The summed E-state index contributed by atoms with van der Waals surface area (Å²) >= 11 is 6.25. The largest absolute Gasteiger partial charge is 0.449 e. The van der Waals surface area contributed by atoms with Gasteiger partial charge in [0.1, 0.15) is 5.75 Å². The van der Waals surface area contributed by atoms with Crippen LogP contribution in [-0.2, 0) is 6.42 Å². The smallest absolute Gasteiger partial charge is 0.318 e. The fourth-order valence-electron chi connectivity index (χ4n) is 2.61. The van der Waals surface area contributed by atoms with Crippen molar-refractivity contribution in [3.8, 4) is 11.5 Å². The van der Waals surface area contributed by atoms with E-state index in [1.54, 1.807) is 24.4 Å². The number of hydrogen-bond donors (Lipinski definition) is 0. The lowest BCUT2D eigenvalue weighted by molar-refractivity contribution is -0.394. The van der Waals surface area contributed by atoms with Gasteiger partial charge in [-0.05, 0) is 53.9 Å². The van der Waals surface area contributed by atoms with Gasteiger partial charge >= 0.3 is 5.69 Å². The minimum Gasteiger partial charge on any atom is -0.449 e. The van der Waals surface area contributed by atoms with Gasteiger partial charge in [-0.2, -0.15) is 0 Å². The molecule has 0 bridgehead atoms. The maximum atomic E-state index is 11.2. The molecule has 0 amide bonds. The van der Waals surface area contributed by atoms with Gasteiger partial charge in [-0.1, -0.05) is 30.7 Å². The molecule has 0 aliphatic carbocycles. The zero-order valence-corrected chi connectivity index (χ0v) is 16.6. The molecule has 0 saturated heterocycles. The van der Waals surface area contributed by atoms with Gasteiger partial charge in [-0.3, -0.25) is 25.2 Å². The summed E-state index contributed by atoms with van der Waals surface area (Å²) in [6, 6.07) is 15.8. The van der Waals surface area contributed by atoms with Gasteiger partial charge in [0.2, 0.25) is 5.75 Å². The zero-order chi connectivity index (χ0) is 21.7. The number of rotatable bonds is 7. The number of halogens is 1. The number of aliphatic imine (C=N–C) groups is 1. The molecular formula is C21H16ClN3O5. The number of nitrogens with zero attached hydrogens (tertiary/aromatic N) is 3. The van der Waals surface area contributed by atoms with Crippen LogP contribution >= 0.6 is 11.6 Å². The summed E-state index contributed by atoms with van der Waals surface area (Å²) < 4.78 is 5.54. The number of hydrogen-bond acceptors (Lipinski definition) is 6. The molecule has 3 rings (SSSR count). The summed E-state index contributed by atoms with van der Waals surface area (Å²) in [5, 5.41) is 22.3. The van der Waals surface area contributed by atoms with Gasteiger partial charge in [-0.25, -0.2) is 0 Å². The third-order valence-corrected chi connectivity index (χ3v) is 4.53. The van der Waals surface area contributed by atoms with Crippen LogP contribution in [0.5, 0.6) is 11.5 Å². The average Bonchev–Trinajstić information content (AvgIpc) is 2.74. The Hall–Kier alpha value is -3.78. The minimum atomic E-state index is -0.749. The molecule has 0 unspecified atom stereocenters. The lowest BCUT2D eigenvalue weighted by atomic mass is 10.1. The van der Waals surface area contributed by atoms with Gasteiger partial charge in [0.15, 0.2) is 0 Å². The van der Waals surface area contributed by atoms with Crippen molar-refractivity contribution in [3.05, 3.63) is 97.0 Å². The standard InChI is InChI=1S/C21H16ClN3O5/c1-2-14-3-6-16(7-4-14)23-13-15-5-9-20(18(22)11-15)30-21-10-8-17(24(26)27)12-19(21)25(28)29/h3-13H,2H2,1H3. The van der Waals surface area contributed by atoms with Crippen LogP contribution in [0, 0.1) is 20.2 Å². The Morgan fingerprint density at radius 2 is 1.67 bits per heavy atom. The predicted molar refractivity (Wildman–Crippen MR) is 114 cm³/mol. The molecule has 0 aliphatic rings. The molecule has 3 aromatic carbocycles. The highest BCUT2D eigenvalue weighted by atomic mass is 35.5. The summed E-state index contributed by atoms with van der Waals surface area (Å²) in [4.78, 5) is 25.0. The Labute approximate surface area is 176 Å². The lowest BCUT2D eigenvalue weighted by Gasteiger charge is -2.08. The van der Waals surface area contributed by atoms with Crippen LogP contribution in [0.1, 0.15) is 18.1 Å². The van der Waals surface area contributed by atoms with Crippen LogP contribution in [0.4, 0.5) is 17.1 Å². The number of nitro benzene ring substituents is 2. The third kappa shape index (κ3) is 4.98. The Morgan fingerprint density at radius 1 is 0.967 bits per heavy atom. The first kappa shape index (κ1) is 20.9. The molecule has 152 valence electrons. The van der Waals surface area contributed by atoms with Gasteiger partial charge < -0.3 is 4.74 Å². The van der Waals surface area contributed by atoms with Crippen molar-refractivity contribution in [2.45, 2.75) is 13.3 Å². The molecule has 0 atom stereocenters. The van der Waals surface area contributed by atoms with Crippen LogP contribution < -0.4 is 4.74 Å². The van der Waals surface area contributed by atoms with Gasteiger partial charge in [-0.15, -0.1) is 0 Å². The zero-order valence-electron chi connectivity index (χ0n) is 15.8. The maximum absolute atomic E-state index is 11.2. The van der Waals surface area contributed by atoms with Crippen molar-refractivity contribution in [1.29, 1.82) is 0 Å².